The Morgan fingerprint density at radius 1 is 0.800 bits per heavy atom. The highest BCUT2D eigenvalue weighted by Gasteiger charge is 2.34. The Bertz CT molecular complexity index is 2640. The SMILES string of the molecule is C=CC(=O)Nc1cc(NC(=O)c2ccc3sc4c(c3c2)NCC(C)NC4=O)cnc1CC1CNc2c(sc3ccc(C(=O)NC4CN(C)CC4NC(=O)C=C)cc23)C(=O)N1. The van der Waals surface area contributed by atoms with E-state index < -0.39 is 17.9 Å². The minimum atomic E-state index is -0.482. The number of rotatable bonds is 10. The fourth-order valence-electron chi connectivity index (χ4n) is 7.63. The molecular weight excluding hydrogens is 805 g/mol. The molecule has 60 heavy (non-hydrogen) atoms. The Morgan fingerprint density at radius 3 is 2.05 bits per heavy atom. The van der Waals surface area contributed by atoms with Gasteiger partial charge in [0.05, 0.1) is 52.8 Å². The number of pyridine rings is 1. The van der Waals surface area contributed by atoms with Crippen LogP contribution >= 0.6 is 22.7 Å². The molecule has 6 heterocycles. The molecule has 308 valence electrons. The molecule has 18 heteroatoms. The van der Waals surface area contributed by atoms with Gasteiger partial charge >= 0.3 is 0 Å². The number of hydrogen-bond donors (Lipinski definition) is 8. The van der Waals surface area contributed by atoms with Crippen LogP contribution in [0, 0.1) is 0 Å². The zero-order valence-electron chi connectivity index (χ0n) is 32.7. The Balaban J connectivity index is 0.975. The fourth-order valence-corrected chi connectivity index (χ4v) is 9.76. The Morgan fingerprint density at radius 2 is 1.40 bits per heavy atom. The zero-order valence-corrected chi connectivity index (χ0v) is 34.3. The molecule has 1 fully saturated rings. The van der Waals surface area contributed by atoms with Crippen molar-refractivity contribution in [1.29, 1.82) is 0 Å². The average molecular weight is 847 g/mol. The number of fused-ring (bicyclic) bond motifs is 6. The van der Waals surface area contributed by atoms with E-state index in [-0.39, 0.29) is 48.2 Å². The average Bonchev–Trinajstić information content (AvgIpc) is 3.84. The van der Waals surface area contributed by atoms with Crippen molar-refractivity contribution in [3.05, 3.63) is 101 Å². The van der Waals surface area contributed by atoms with Gasteiger partial charge in [-0.05, 0) is 68.6 Å². The molecule has 0 saturated carbocycles. The lowest BCUT2D eigenvalue weighted by Crippen LogP contribution is -2.50. The number of carbonyl (C=O) groups is 6. The molecule has 4 unspecified atom stereocenters. The normalized spacial score (nSPS) is 19.9. The van der Waals surface area contributed by atoms with Gasteiger partial charge in [-0.3, -0.25) is 33.8 Å². The maximum Gasteiger partial charge on any atom is 0.263 e. The number of hydrogen-bond acceptors (Lipinski definition) is 12. The maximum absolute atomic E-state index is 13.7. The number of nitrogens with one attached hydrogen (secondary N) is 8. The van der Waals surface area contributed by atoms with Crippen LogP contribution in [-0.2, 0) is 16.0 Å². The van der Waals surface area contributed by atoms with Gasteiger partial charge < -0.3 is 47.4 Å². The summed E-state index contributed by atoms with van der Waals surface area (Å²) < 4.78 is 1.69. The first-order valence-corrected chi connectivity index (χ1v) is 20.9. The summed E-state index contributed by atoms with van der Waals surface area (Å²) in [6, 6.07) is 11.0. The predicted octanol–water partition coefficient (Wildman–Crippen LogP) is 3.91. The minimum absolute atomic E-state index is 0.0517. The fraction of sp³-hybridized carbons (Fsp3) is 0.262. The van der Waals surface area contributed by atoms with E-state index in [9.17, 15) is 28.8 Å². The van der Waals surface area contributed by atoms with Gasteiger partial charge in [0.2, 0.25) is 11.8 Å². The van der Waals surface area contributed by atoms with Crippen molar-refractivity contribution in [3.8, 4) is 0 Å². The molecule has 0 radical (unpaired) electrons. The second-order valence-electron chi connectivity index (χ2n) is 15.0. The van der Waals surface area contributed by atoms with Crippen molar-refractivity contribution in [2.75, 3.05) is 54.5 Å². The van der Waals surface area contributed by atoms with Crippen LogP contribution in [0.4, 0.5) is 22.7 Å². The molecule has 16 nitrogen and oxygen atoms in total. The Hall–Kier alpha value is -6.63. The van der Waals surface area contributed by atoms with Gasteiger partial charge in [0.15, 0.2) is 0 Å². The summed E-state index contributed by atoms with van der Waals surface area (Å²) in [5, 5.41) is 25.9. The van der Waals surface area contributed by atoms with Crippen LogP contribution < -0.4 is 42.5 Å². The van der Waals surface area contributed by atoms with Crippen molar-refractivity contribution in [1.82, 2.24) is 31.2 Å². The van der Waals surface area contributed by atoms with E-state index >= 15 is 0 Å². The first-order valence-electron chi connectivity index (χ1n) is 19.3. The molecule has 3 aliphatic heterocycles. The van der Waals surface area contributed by atoms with Crippen LogP contribution in [0.25, 0.3) is 20.2 Å². The third kappa shape index (κ3) is 8.16. The first-order chi connectivity index (χ1) is 28.9. The second kappa shape index (κ2) is 16.6. The molecule has 3 aromatic heterocycles. The lowest BCUT2D eigenvalue weighted by molar-refractivity contribution is -0.117. The van der Waals surface area contributed by atoms with Crippen LogP contribution in [0.2, 0.25) is 0 Å². The van der Waals surface area contributed by atoms with E-state index in [1.54, 1.807) is 30.3 Å². The van der Waals surface area contributed by atoms with Crippen LogP contribution in [0.1, 0.15) is 52.7 Å². The zero-order chi connectivity index (χ0) is 42.2. The van der Waals surface area contributed by atoms with Gasteiger partial charge in [-0.1, -0.05) is 13.2 Å². The maximum atomic E-state index is 13.7. The largest absolute Gasteiger partial charge is 0.381 e. The molecule has 4 atom stereocenters. The number of nitrogens with zero attached hydrogens (tertiary/aromatic N) is 2. The smallest absolute Gasteiger partial charge is 0.263 e. The quantitative estimate of drug-likeness (QED) is 0.0950. The van der Waals surface area contributed by atoms with E-state index in [2.05, 4.69) is 60.7 Å². The molecule has 5 aromatic rings. The standard InChI is InChI=1S/C42H42N10O6S2/c1-5-33(53)49-28-14-24(47-39(55)21-7-9-31-25(11-21)35-37(59-31)41(57)46-20(3)15-44-35)16-43-27(28)13-23-17-45-36-26-12-22(8-10-32(26)60-38(36)42(58)48-23)40(56)51-30-19-52(4)18-29(30)50-34(54)6-2/h5-12,14,16,20,23,29-30,44-45H,1-2,13,15,17-19H2,3-4H3,(H,46,57)(H,47,55)(H,48,58)(H,49,53)(H,50,54)(H,51,56). The van der Waals surface area contributed by atoms with Crippen LogP contribution in [0.15, 0.2) is 74.0 Å². The van der Waals surface area contributed by atoms with Crippen molar-refractivity contribution in [3.63, 3.8) is 0 Å². The summed E-state index contributed by atoms with van der Waals surface area (Å²) >= 11 is 2.67. The lowest BCUT2D eigenvalue weighted by atomic mass is 10.1. The molecule has 6 amide bonds. The van der Waals surface area contributed by atoms with Gasteiger partial charge in [0.25, 0.3) is 23.6 Å². The second-order valence-corrected chi connectivity index (χ2v) is 17.1. The number of thiophene rings is 2. The van der Waals surface area contributed by atoms with E-state index in [1.165, 1.54) is 34.9 Å². The highest BCUT2D eigenvalue weighted by Crippen LogP contribution is 2.39. The van der Waals surface area contributed by atoms with Crippen molar-refractivity contribution in [2.45, 2.75) is 37.5 Å². The van der Waals surface area contributed by atoms with Gasteiger partial charge in [0.1, 0.15) is 9.75 Å². The molecule has 8 rings (SSSR count). The number of benzene rings is 2. The molecule has 0 aliphatic carbocycles. The molecule has 8 N–H and O–H groups in total. The number of likely N-dealkylation sites (N-methyl/N-ethyl adjacent to an activating group) is 1. The summed E-state index contributed by atoms with van der Waals surface area (Å²) in [7, 11) is 1.92. The monoisotopic (exact) mass is 846 g/mol. The summed E-state index contributed by atoms with van der Waals surface area (Å²) in [4.78, 5) is 85.7. The van der Waals surface area contributed by atoms with Gasteiger partial charge in [-0.2, -0.15) is 0 Å². The summed E-state index contributed by atoms with van der Waals surface area (Å²) in [6.07, 6.45) is 4.04. The highest BCUT2D eigenvalue weighted by atomic mass is 32.1. The molecule has 0 spiro atoms. The number of amides is 6. The Labute approximate surface area is 352 Å². The molecule has 2 aromatic carbocycles. The van der Waals surface area contributed by atoms with Gasteiger partial charge in [0, 0.05) is 69.9 Å². The van der Waals surface area contributed by atoms with Crippen molar-refractivity contribution in [2.24, 2.45) is 0 Å². The first kappa shape index (κ1) is 40.2. The number of carbonyl (C=O) groups excluding carboxylic acids is 6. The molecule has 1 saturated heterocycles. The topological polar surface area (TPSA) is 215 Å². The van der Waals surface area contributed by atoms with Crippen LogP contribution in [0.3, 0.4) is 0 Å². The van der Waals surface area contributed by atoms with Crippen LogP contribution in [-0.4, -0.2) is 103 Å². The van der Waals surface area contributed by atoms with E-state index in [4.69, 9.17) is 0 Å². The highest BCUT2D eigenvalue weighted by molar-refractivity contribution is 7.22. The van der Waals surface area contributed by atoms with Crippen molar-refractivity contribution >= 4 is 101 Å². The summed E-state index contributed by atoms with van der Waals surface area (Å²) in [5.41, 5.74) is 3.20. The molecule has 0 bridgehead atoms. The lowest BCUT2D eigenvalue weighted by Gasteiger charge is -2.20. The number of aromatic nitrogens is 1. The summed E-state index contributed by atoms with van der Waals surface area (Å²) in [6.45, 7) is 11.0. The van der Waals surface area contributed by atoms with Crippen molar-refractivity contribution < 1.29 is 28.8 Å². The van der Waals surface area contributed by atoms with Crippen LogP contribution in [0.5, 0.6) is 0 Å². The predicted molar refractivity (Wildman–Crippen MR) is 234 cm³/mol. The molecular formula is C42H42N10O6S2. The third-order valence-corrected chi connectivity index (χ3v) is 12.9. The van der Waals surface area contributed by atoms with Gasteiger partial charge in [-0.15, -0.1) is 22.7 Å². The van der Waals surface area contributed by atoms with Gasteiger partial charge in [-0.25, -0.2) is 0 Å². The van der Waals surface area contributed by atoms with E-state index in [0.29, 0.717) is 75.5 Å². The summed E-state index contributed by atoms with van der Waals surface area (Å²) in [5.74, 6) is -1.96. The number of likely N-dealkylation sites (tertiary alicyclic amines) is 1. The molecule has 3 aliphatic rings. The minimum Gasteiger partial charge on any atom is -0.381 e. The van der Waals surface area contributed by atoms with E-state index in [0.717, 1.165) is 26.2 Å². The third-order valence-electron chi connectivity index (χ3n) is 10.6. The Kier molecular flexibility index (Phi) is 11.1. The van der Waals surface area contributed by atoms with E-state index in [1.807, 2.05) is 31.0 Å². The number of anilines is 4.